The third-order valence-corrected chi connectivity index (χ3v) is 7.55. The van der Waals surface area contributed by atoms with Crippen molar-refractivity contribution in [3.8, 4) is 22.9 Å². The summed E-state index contributed by atoms with van der Waals surface area (Å²) in [5.41, 5.74) is -2.04. The van der Waals surface area contributed by atoms with Gasteiger partial charge in [-0.15, -0.1) is 10.2 Å². The molecular formula is C27H32N10O11. The van der Waals surface area contributed by atoms with Crippen LogP contribution in [0.4, 0.5) is 11.4 Å². The largest absolute Gasteiger partial charge is 0.472 e. The number of hydrogen-bond donors (Lipinski definition) is 2. The zero-order chi connectivity index (χ0) is 34.5. The van der Waals surface area contributed by atoms with E-state index >= 15 is 0 Å². The Bertz CT molecular complexity index is 1750. The number of tetrazole rings is 2. The fourth-order valence-corrected chi connectivity index (χ4v) is 5.21. The molecule has 1 atom stereocenters. The number of rotatable bonds is 8. The quantitative estimate of drug-likeness (QED) is 0.193. The molecule has 2 aromatic carbocycles. The van der Waals surface area contributed by atoms with E-state index in [0.717, 1.165) is 6.61 Å². The maximum absolute atomic E-state index is 10.9. The minimum atomic E-state index is -1.48. The number of aliphatic hydroxyl groups is 2. The predicted molar refractivity (Wildman–Crippen MR) is 159 cm³/mol. The fraction of sp³-hybridized carbons (Fsp3) is 0.481. The van der Waals surface area contributed by atoms with Crippen LogP contribution in [0.2, 0.25) is 0 Å². The first-order valence-corrected chi connectivity index (χ1v) is 14.5. The number of aliphatic hydroxyl groups excluding tert-OH is 2. The van der Waals surface area contributed by atoms with E-state index in [1.807, 2.05) is 0 Å². The van der Waals surface area contributed by atoms with Crippen molar-refractivity contribution >= 4 is 11.4 Å². The third kappa shape index (κ3) is 6.48. The maximum atomic E-state index is 10.9. The number of methoxy groups -OCH3 is 2. The Kier molecular flexibility index (Phi) is 10.1. The zero-order valence-electron chi connectivity index (χ0n) is 26.0. The molecule has 1 fully saturated rings. The molecule has 0 aliphatic carbocycles. The van der Waals surface area contributed by atoms with Gasteiger partial charge >= 0.3 is 0 Å². The molecule has 48 heavy (non-hydrogen) atoms. The zero-order valence-corrected chi connectivity index (χ0v) is 26.0. The molecule has 0 spiro atoms. The van der Waals surface area contributed by atoms with Crippen LogP contribution >= 0.6 is 0 Å². The number of nitrogens with zero attached hydrogens (tertiary/aromatic N) is 10. The van der Waals surface area contributed by atoms with Gasteiger partial charge < -0.3 is 33.9 Å². The Morgan fingerprint density at radius 1 is 0.854 bits per heavy atom. The van der Waals surface area contributed by atoms with E-state index in [2.05, 4.69) is 38.0 Å². The minimum absolute atomic E-state index is 0.0743. The van der Waals surface area contributed by atoms with Gasteiger partial charge in [-0.3, -0.25) is 20.2 Å². The Hall–Kier alpha value is -5.22. The summed E-state index contributed by atoms with van der Waals surface area (Å²) >= 11 is 0. The van der Waals surface area contributed by atoms with Gasteiger partial charge in [0.1, 0.15) is 22.9 Å². The number of hydrogen-bond acceptors (Lipinski definition) is 17. The second-order valence-electron chi connectivity index (χ2n) is 10.8. The molecule has 21 nitrogen and oxygen atoms in total. The van der Waals surface area contributed by atoms with Gasteiger partial charge in [0.2, 0.25) is 22.9 Å². The van der Waals surface area contributed by atoms with E-state index in [9.17, 15) is 30.4 Å². The van der Waals surface area contributed by atoms with Gasteiger partial charge in [0.25, 0.3) is 11.4 Å². The van der Waals surface area contributed by atoms with Crippen molar-refractivity contribution < 1.29 is 43.7 Å². The van der Waals surface area contributed by atoms with Crippen molar-refractivity contribution in [1.29, 1.82) is 0 Å². The molecule has 0 bridgehead atoms. The lowest BCUT2D eigenvalue weighted by Crippen LogP contribution is -2.47. The number of fused-ring (bicyclic) bond motifs is 6. The molecular weight excluding hydrogens is 640 g/mol. The molecule has 7 rings (SSSR count). The Morgan fingerprint density at radius 2 is 1.33 bits per heavy atom. The number of nitro benzene ring substituents is 2. The van der Waals surface area contributed by atoms with E-state index in [1.54, 1.807) is 0 Å². The lowest BCUT2D eigenvalue weighted by molar-refractivity contribution is -0.385. The van der Waals surface area contributed by atoms with E-state index < -0.39 is 34.3 Å². The second-order valence-corrected chi connectivity index (χ2v) is 10.8. The van der Waals surface area contributed by atoms with E-state index in [-0.39, 0.29) is 41.8 Å². The smallest absolute Gasteiger partial charge is 0.271 e. The molecule has 3 aliphatic heterocycles. The summed E-state index contributed by atoms with van der Waals surface area (Å²) in [6.45, 7) is 2.35. The molecule has 21 heteroatoms. The first-order chi connectivity index (χ1) is 23.1. The van der Waals surface area contributed by atoms with Crippen molar-refractivity contribution in [3.63, 3.8) is 0 Å². The summed E-state index contributed by atoms with van der Waals surface area (Å²) < 4.78 is 29.7. The summed E-state index contributed by atoms with van der Waals surface area (Å²) in [5.74, 6) is 1.10. The number of aromatic nitrogens is 8. The van der Waals surface area contributed by atoms with Crippen LogP contribution < -0.4 is 9.47 Å². The molecule has 5 heterocycles. The van der Waals surface area contributed by atoms with Gasteiger partial charge in [0.15, 0.2) is 0 Å². The normalized spacial score (nSPS) is 17.4. The highest BCUT2D eigenvalue weighted by molar-refractivity contribution is 5.56. The molecule has 2 aromatic heterocycles. The van der Waals surface area contributed by atoms with Crippen molar-refractivity contribution in [2.75, 3.05) is 47.3 Å². The highest BCUT2D eigenvalue weighted by atomic mass is 16.6. The van der Waals surface area contributed by atoms with Crippen LogP contribution in [0.5, 0.6) is 11.5 Å². The summed E-state index contributed by atoms with van der Waals surface area (Å²) in [6.07, 6.45) is 3.08. The van der Waals surface area contributed by atoms with Gasteiger partial charge in [0.05, 0.1) is 42.4 Å². The molecule has 1 saturated heterocycles. The standard InChI is InChI=1S/C12H13N5O5.C10H9N5O5.C5H10O/c1-20-6-12(7-21-2)11-13-14-15-16(11)9-5-8(17(18)19)3-4-10(9)22-12;16-4-10(5-17)9-11-12-13-14(9)7-3-6(15(18)19)1-2-8(7)20-10;1-5-3-2-4-6-5/h3-5H,6-7H2,1-2H3;1-3,16-17H,4-5H2;5H,2-4H2,1H3. The van der Waals surface area contributed by atoms with Crippen molar-refractivity contribution in [2.45, 2.75) is 37.1 Å². The maximum Gasteiger partial charge on any atom is 0.271 e. The van der Waals surface area contributed by atoms with Crippen LogP contribution in [0, 0.1) is 20.2 Å². The summed E-state index contributed by atoms with van der Waals surface area (Å²) in [6, 6.07) is 8.12. The first-order valence-electron chi connectivity index (χ1n) is 14.5. The van der Waals surface area contributed by atoms with E-state index in [4.69, 9.17) is 23.7 Å². The summed E-state index contributed by atoms with van der Waals surface area (Å²) in [5, 5.41) is 63.1. The van der Waals surface area contributed by atoms with E-state index in [1.165, 1.54) is 72.8 Å². The van der Waals surface area contributed by atoms with Gasteiger partial charge in [-0.2, -0.15) is 9.36 Å². The third-order valence-electron chi connectivity index (χ3n) is 7.55. The number of non-ortho nitro benzene ring substituents is 2. The number of nitro groups is 2. The first kappa shape index (κ1) is 34.1. The molecule has 2 N–H and O–H groups in total. The summed E-state index contributed by atoms with van der Waals surface area (Å²) in [4.78, 5) is 20.7. The SMILES string of the molecule is CC1CCCO1.COCC1(COC)Oc2ccc([N+](=O)[O-])cc2-n2nnnc21.O=[N+]([O-])c1ccc2c(c1)-n1nnnc1C(CO)(CO)O2. The van der Waals surface area contributed by atoms with Gasteiger partial charge in [-0.05, 0) is 52.8 Å². The topological polar surface area (TPSA) is 260 Å². The lowest BCUT2D eigenvalue weighted by atomic mass is 10.0. The van der Waals surface area contributed by atoms with Crippen LogP contribution in [-0.2, 0) is 25.4 Å². The molecule has 256 valence electrons. The van der Waals surface area contributed by atoms with Crippen molar-refractivity contribution in [3.05, 3.63) is 68.3 Å². The van der Waals surface area contributed by atoms with E-state index in [0.29, 0.717) is 23.4 Å². The van der Waals surface area contributed by atoms with Gasteiger partial charge in [-0.1, -0.05) is 0 Å². The number of benzene rings is 2. The molecule has 0 saturated carbocycles. The second kappa shape index (κ2) is 14.3. The monoisotopic (exact) mass is 672 g/mol. The number of ether oxygens (including phenoxy) is 5. The van der Waals surface area contributed by atoms with Gasteiger partial charge in [-0.25, -0.2) is 0 Å². The Balaban J connectivity index is 0.000000160. The highest BCUT2D eigenvalue weighted by Gasteiger charge is 2.46. The van der Waals surface area contributed by atoms with Crippen LogP contribution in [0.15, 0.2) is 36.4 Å². The Labute approximate surface area is 271 Å². The molecule has 3 aliphatic rings. The average molecular weight is 673 g/mol. The van der Waals surface area contributed by atoms with Crippen LogP contribution in [-0.4, -0.2) is 114 Å². The molecule has 0 amide bonds. The van der Waals surface area contributed by atoms with Crippen LogP contribution in [0.25, 0.3) is 11.4 Å². The summed E-state index contributed by atoms with van der Waals surface area (Å²) in [7, 11) is 3.06. The van der Waals surface area contributed by atoms with Gasteiger partial charge in [0, 0.05) is 45.1 Å². The lowest BCUT2D eigenvalue weighted by Gasteiger charge is -2.35. The average Bonchev–Trinajstić information content (AvgIpc) is 3.88. The minimum Gasteiger partial charge on any atom is -0.472 e. The predicted octanol–water partition coefficient (Wildman–Crippen LogP) is 0.779. The Morgan fingerprint density at radius 3 is 1.71 bits per heavy atom. The van der Waals surface area contributed by atoms with Crippen molar-refractivity contribution in [1.82, 2.24) is 40.4 Å². The van der Waals surface area contributed by atoms with Crippen LogP contribution in [0.3, 0.4) is 0 Å². The molecule has 4 aromatic rings. The molecule has 0 radical (unpaired) electrons. The highest BCUT2D eigenvalue weighted by Crippen LogP contribution is 2.40. The van der Waals surface area contributed by atoms with Crippen molar-refractivity contribution in [2.24, 2.45) is 0 Å². The fourth-order valence-electron chi connectivity index (χ4n) is 5.21. The molecule has 1 unspecified atom stereocenters. The van der Waals surface area contributed by atoms with Crippen LogP contribution in [0.1, 0.15) is 31.4 Å².